The summed E-state index contributed by atoms with van der Waals surface area (Å²) in [5.41, 5.74) is 0. The molecule has 0 radical (unpaired) electrons. The van der Waals surface area contributed by atoms with Crippen molar-refractivity contribution in [1.29, 1.82) is 0 Å². The SMILES string of the molecule is OCCCSCCOc1ccc2ccccc2c1. The molecule has 0 saturated heterocycles. The van der Waals surface area contributed by atoms with Gasteiger partial charge >= 0.3 is 0 Å². The first-order valence-electron chi connectivity index (χ1n) is 6.20. The molecule has 0 aromatic heterocycles. The predicted octanol–water partition coefficient (Wildman–Crippen LogP) is 3.33. The van der Waals surface area contributed by atoms with Gasteiger partial charge in [0, 0.05) is 12.4 Å². The van der Waals surface area contributed by atoms with Gasteiger partial charge in [-0.15, -0.1) is 0 Å². The smallest absolute Gasteiger partial charge is 0.119 e. The molecule has 0 atom stereocenters. The molecule has 2 rings (SSSR count). The summed E-state index contributed by atoms with van der Waals surface area (Å²) in [6.07, 6.45) is 0.862. The van der Waals surface area contributed by atoms with Gasteiger partial charge in [-0.3, -0.25) is 0 Å². The summed E-state index contributed by atoms with van der Waals surface area (Å²) in [4.78, 5) is 0. The Balaban J connectivity index is 1.81. The second-order valence-electron chi connectivity index (χ2n) is 4.05. The van der Waals surface area contributed by atoms with Gasteiger partial charge in [-0.05, 0) is 35.1 Å². The molecule has 0 aliphatic carbocycles. The number of benzene rings is 2. The third kappa shape index (κ3) is 3.93. The molecule has 0 unspecified atom stereocenters. The normalized spacial score (nSPS) is 10.7. The van der Waals surface area contributed by atoms with E-state index in [1.165, 1.54) is 10.8 Å². The summed E-state index contributed by atoms with van der Waals surface area (Å²) in [6.45, 7) is 0.993. The van der Waals surface area contributed by atoms with E-state index in [1.807, 2.05) is 30.0 Å². The maximum atomic E-state index is 8.66. The minimum atomic E-state index is 0.276. The zero-order chi connectivity index (χ0) is 12.6. The molecule has 0 aliphatic heterocycles. The maximum Gasteiger partial charge on any atom is 0.119 e. The Kier molecular flexibility index (Phi) is 5.36. The van der Waals surface area contributed by atoms with Crippen LogP contribution in [-0.4, -0.2) is 29.8 Å². The number of thioether (sulfide) groups is 1. The first-order valence-corrected chi connectivity index (χ1v) is 7.36. The second-order valence-corrected chi connectivity index (χ2v) is 5.27. The molecular formula is C15H18O2S. The average molecular weight is 262 g/mol. The molecule has 18 heavy (non-hydrogen) atoms. The summed E-state index contributed by atoms with van der Waals surface area (Å²) in [6, 6.07) is 14.5. The topological polar surface area (TPSA) is 29.5 Å². The molecule has 2 nitrogen and oxygen atoms in total. The van der Waals surface area contributed by atoms with Crippen molar-refractivity contribution < 1.29 is 9.84 Å². The number of aliphatic hydroxyl groups is 1. The molecular weight excluding hydrogens is 244 g/mol. The van der Waals surface area contributed by atoms with Gasteiger partial charge in [0.15, 0.2) is 0 Å². The molecule has 0 bridgehead atoms. The average Bonchev–Trinajstić information content (AvgIpc) is 2.42. The first kappa shape index (κ1) is 13.2. The summed E-state index contributed by atoms with van der Waals surface area (Å²) in [5.74, 6) is 2.89. The predicted molar refractivity (Wildman–Crippen MR) is 78.5 cm³/mol. The van der Waals surface area contributed by atoms with E-state index in [2.05, 4.69) is 24.3 Å². The van der Waals surface area contributed by atoms with Crippen molar-refractivity contribution in [3.05, 3.63) is 42.5 Å². The second kappa shape index (κ2) is 7.29. The lowest BCUT2D eigenvalue weighted by Gasteiger charge is -2.07. The molecule has 0 aliphatic rings. The zero-order valence-electron chi connectivity index (χ0n) is 10.3. The largest absolute Gasteiger partial charge is 0.493 e. The molecule has 2 aromatic carbocycles. The fraction of sp³-hybridized carbons (Fsp3) is 0.333. The van der Waals surface area contributed by atoms with Crippen molar-refractivity contribution in [1.82, 2.24) is 0 Å². The van der Waals surface area contributed by atoms with Crippen LogP contribution in [0.2, 0.25) is 0 Å². The summed E-state index contributed by atoms with van der Waals surface area (Å²) >= 11 is 1.82. The molecule has 0 amide bonds. The Bertz CT molecular complexity index is 485. The number of hydrogen-bond donors (Lipinski definition) is 1. The number of ether oxygens (including phenoxy) is 1. The van der Waals surface area contributed by atoms with Crippen LogP contribution in [-0.2, 0) is 0 Å². The lowest BCUT2D eigenvalue weighted by Crippen LogP contribution is -2.01. The Hall–Kier alpha value is -1.19. The highest BCUT2D eigenvalue weighted by Gasteiger charge is 1.97. The lowest BCUT2D eigenvalue weighted by molar-refractivity contribution is 0.296. The van der Waals surface area contributed by atoms with Crippen LogP contribution in [0.25, 0.3) is 10.8 Å². The Morgan fingerprint density at radius 1 is 1.00 bits per heavy atom. The van der Waals surface area contributed by atoms with E-state index in [0.717, 1.165) is 23.7 Å². The van der Waals surface area contributed by atoms with Gasteiger partial charge < -0.3 is 9.84 Å². The Labute approximate surface area is 112 Å². The lowest BCUT2D eigenvalue weighted by atomic mass is 10.1. The first-order chi connectivity index (χ1) is 8.90. The fourth-order valence-corrected chi connectivity index (χ4v) is 2.48. The minimum absolute atomic E-state index is 0.276. The van der Waals surface area contributed by atoms with E-state index < -0.39 is 0 Å². The highest BCUT2D eigenvalue weighted by molar-refractivity contribution is 7.99. The third-order valence-corrected chi connectivity index (χ3v) is 3.70. The van der Waals surface area contributed by atoms with Crippen molar-refractivity contribution in [2.24, 2.45) is 0 Å². The van der Waals surface area contributed by atoms with Crippen molar-refractivity contribution in [2.45, 2.75) is 6.42 Å². The van der Waals surface area contributed by atoms with Crippen LogP contribution in [0.1, 0.15) is 6.42 Å². The van der Waals surface area contributed by atoms with E-state index >= 15 is 0 Å². The van der Waals surface area contributed by atoms with Gasteiger partial charge in [-0.25, -0.2) is 0 Å². The van der Waals surface area contributed by atoms with Crippen LogP contribution in [0.5, 0.6) is 5.75 Å². The van der Waals surface area contributed by atoms with Gasteiger partial charge in [0.25, 0.3) is 0 Å². The fourth-order valence-electron chi connectivity index (χ4n) is 1.74. The van der Waals surface area contributed by atoms with Crippen molar-refractivity contribution in [3.63, 3.8) is 0 Å². The summed E-state index contributed by atoms with van der Waals surface area (Å²) in [5, 5.41) is 11.1. The van der Waals surface area contributed by atoms with E-state index in [4.69, 9.17) is 9.84 Å². The van der Waals surface area contributed by atoms with Crippen LogP contribution in [0.3, 0.4) is 0 Å². The third-order valence-electron chi connectivity index (χ3n) is 2.66. The number of fused-ring (bicyclic) bond motifs is 1. The van der Waals surface area contributed by atoms with Crippen LogP contribution < -0.4 is 4.74 Å². The molecule has 3 heteroatoms. The molecule has 0 heterocycles. The Morgan fingerprint density at radius 2 is 1.83 bits per heavy atom. The molecule has 0 saturated carbocycles. The quantitative estimate of drug-likeness (QED) is 0.776. The molecule has 0 spiro atoms. The van der Waals surface area contributed by atoms with Crippen LogP contribution >= 0.6 is 11.8 Å². The van der Waals surface area contributed by atoms with Gasteiger partial charge in [-0.1, -0.05) is 30.3 Å². The van der Waals surface area contributed by atoms with E-state index in [9.17, 15) is 0 Å². The summed E-state index contributed by atoms with van der Waals surface area (Å²) < 4.78 is 5.71. The van der Waals surface area contributed by atoms with E-state index in [0.29, 0.717) is 6.61 Å². The van der Waals surface area contributed by atoms with Crippen molar-refractivity contribution in [2.75, 3.05) is 24.7 Å². The summed E-state index contributed by atoms with van der Waals surface area (Å²) in [7, 11) is 0. The molecule has 0 fully saturated rings. The maximum absolute atomic E-state index is 8.66. The van der Waals surface area contributed by atoms with Crippen LogP contribution in [0, 0.1) is 0 Å². The van der Waals surface area contributed by atoms with E-state index in [-0.39, 0.29) is 6.61 Å². The minimum Gasteiger partial charge on any atom is -0.493 e. The van der Waals surface area contributed by atoms with Crippen molar-refractivity contribution in [3.8, 4) is 5.75 Å². The highest BCUT2D eigenvalue weighted by Crippen LogP contribution is 2.20. The van der Waals surface area contributed by atoms with Gasteiger partial charge in [-0.2, -0.15) is 11.8 Å². The van der Waals surface area contributed by atoms with Gasteiger partial charge in [0.05, 0.1) is 6.61 Å². The monoisotopic (exact) mass is 262 g/mol. The van der Waals surface area contributed by atoms with E-state index in [1.54, 1.807) is 0 Å². The highest BCUT2D eigenvalue weighted by atomic mass is 32.2. The van der Waals surface area contributed by atoms with Crippen molar-refractivity contribution >= 4 is 22.5 Å². The number of rotatable bonds is 7. The molecule has 1 N–H and O–H groups in total. The van der Waals surface area contributed by atoms with Gasteiger partial charge in [0.1, 0.15) is 5.75 Å². The Morgan fingerprint density at radius 3 is 2.67 bits per heavy atom. The van der Waals surface area contributed by atoms with Gasteiger partial charge in [0.2, 0.25) is 0 Å². The standard InChI is InChI=1S/C15H18O2S/c16-8-3-10-18-11-9-17-15-7-6-13-4-1-2-5-14(13)12-15/h1-2,4-7,12,16H,3,8-11H2. The molecule has 2 aromatic rings. The molecule has 96 valence electrons. The number of hydrogen-bond acceptors (Lipinski definition) is 3. The van der Waals surface area contributed by atoms with Crippen LogP contribution in [0.15, 0.2) is 42.5 Å². The zero-order valence-corrected chi connectivity index (χ0v) is 11.2. The number of aliphatic hydroxyl groups excluding tert-OH is 1. The van der Waals surface area contributed by atoms with Crippen LogP contribution in [0.4, 0.5) is 0 Å².